The molecule has 1 unspecified atom stereocenters. The van der Waals surface area contributed by atoms with Crippen LogP contribution in [0.5, 0.6) is 0 Å². The summed E-state index contributed by atoms with van der Waals surface area (Å²) in [6.07, 6.45) is 3.76. The lowest BCUT2D eigenvalue weighted by Gasteiger charge is -2.23. The van der Waals surface area contributed by atoms with E-state index in [-0.39, 0.29) is 0 Å². The van der Waals surface area contributed by atoms with Crippen molar-refractivity contribution in [1.82, 2.24) is 29.8 Å². The lowest BCUT2D eigenvalue weighted by molar-refractivity contribution is -0.215. The molecule has 0 aliphatic heterocycles. The van der Waals surface area contributed by atoms with Crippen LogP contribution in [-0.2, 0) is 4.74 Å². The van der Waals surface area contributed by atoms with Gasteiger partial charge in [0, 0.05) is 18.5 Å². The maximum Gasteiger partial charge on any atom is 0.257 e. The Labute approximate surface area is 121 Å². The van der Waals surface area contributed by atoms with Gasteiger partial charge in [0.05, 0.1) is 17.3 Å². The van der Waals surface area contributed by atoms with Crippen molar-refractivity contribution in [3.63, 3.8) is 0 Å². The highest BCUT2D eigenvalue weighted by atomic mass is 16.6. The van der Waals surface area contributed by atoms with Crippen molar-refractivity contribution in [1.29, 1.82) is 0 Å². The van der Waals surface area contributed by atoms with Gasteiger partial charge < -0.3 is 9.84 Å². The zero-order valence-electron chi connectivity index (χ0n) is 12.0. The Morgan fingerprint density at radius 1 is 1.29 bits per heavy atom. The number of rotatable bonds is 3. The van der Waals surface area contributed by atoms with Crippen molar-refractivity contribution in [3.05, 3.63) is 30.7 Å². The summed E-state index contributed by atoms with van der Waals surface area (Å²) in [5.74, 6) is 0.542. The normalized spacial score (nSPS) is 13.7. The first-order valence-corrected chi connectivity index (χ1v) is 6.51. The minimum absolute atomic E-state index is 0.475. The largest absolute Gasteiger partial charge is 0.350 e. The van der Waals surface area contributed by atoms with Gasteiger partial charge in [0.1, 0.15) is 5.52 Å². The summed E-state index contributed by atoms with van der Waals surface area (Å²) >= 11 is 0. The van der Waals surface area contributed by atoms with Gasteiger partial charge >= 0.3 is 0 Å². The first-order chi connectivity index (χ1) is 9.94. The highest BCUT2D eigenvalue weighted by molar-refractivity contribution is 5.74. The molecule has 8 nitrogen and oxygen atoms in total. The molecular weight excluding hydrogens is 272 g/mol. The Hall–Kier alpha value is -2.32. The molecule has 0 saturated heterocycles. The van der Waals surface area contributed by atoms with E-state index in [9.17, 15) is 5.11 Å². The third kappa shape index (κ3) is 2.76. The molecular formula is C13H16N6O2. The SMILES string of the molecule is CC(C)(C)OC(O)n1ccc(-n2nnc3cnccc32)n1. The van der Waals surface area contributed by atoms with Crippen LogP contribution in [0.1, 0.15) is 27.2 Å². The van der Waals surface area contributed by atoms with Crippen LogP contribution in [0, 0.1) is 0 Å². The molecule has 21 heavy (non-hydrogen) atoms. The van der Waals surface area contributed by atoms with Crippen LogP contribution in [-0.4, -0.2) is 40.5 Å². The van der Waals surface area contributed by atoms with Gasteiger partial charge in [-0.25, -0.2) is 4.68 Å². The van der Waals surface area contributed by atoms with Gasteiger partial charge in [-0.05, 0) is 26.8 Å². The monoisotopic (exact) mass is 288 g/mol. The van der Waals surface area contributed by atoms with E-state index in [1.165, 1.54) is 4.68 Å². The van der Waals surface area contributed by atoms with Gasteiger partial charge in [0.2, 0.25) is 0 Å². The van der Waals surface area contributed by atoms with Crippen molar-refractivity contribution >= 4 is 11.0 Å². The fourth-order valence-electron chi connectivity index (χ4n) is 1.88. The maximum atomic E-state index is 10.0. The maximum absolute atomic E-state index is 10.0. The van der Waals surface area contributed by atoms with E-state index in [0.717, 1.165) is 5.52 Å². The Morgan fingerprint density at radius 3 is 2.86 bits per heavy atom. The molecule has 0 bridgehead atoms. The minimum atomic E-state index is -1.16. The molecule has 0 aliphatic rings. The van der Waals surface area contributed by atoms with E-state index in [2.05, 4.69) is 20.4 Å². The highest BCUT2D eigenvalue weighted by Gasteiger charge is 2.19. The number of aliphatic hydroxyl groups excluding tert-OH is 1. The summed E-state index contributed by atoms with van der Waals surface area (Å²) in [6, 6.07) is 3.53. The standard InChI is InChI=1S/C13H16N6O2/c1-13(2,3)21-12(20)18-7-5-11(16-18)19-10-4-6-14-8-9(10)15-17-19/h4-8,12,20H,1-3H3. The topological polar surface area (TPSA) is 90.9 Å². The fourth-order valence-corrected chi connectivity index (χ4v) is 1.88. The summed E-state index contributed by atoms with van der Waals surface area (Å²) in [5, 5.41) is 22.3. The number of fused-ring (bicyclic) bond motifs is 1. The molecule has 8 heteroatoms. The summed E-state index contributed by atoms with van der Waals surface area (Å²) in [6.45, 7) is 5.58. The van der Waals surface area contributed by atoms with Crippen LogP contribution < -0.4 is 0 Å². The zero-order valence-corrected chi connectivity index (χ0v) is 12.0. The minimum Gasteiger partial charge on any atom is -0.350 e. The second-order valence-electron chi connectivity index (χ2n) is 5.58. The molecule has 110 valence electrons. The average molecular weight is 288 g/mol. The highest BCUT2D eigenvalue weighted by Crippen LogP contribution is 2.18. The Balaban J connectivity index is 1.91. The molecule has 0 fully saturated rings. The van der Waals surface area contributed by atoms with Gasteiger partial charge in [-0.1, -0.05) is 5.21 Å². The molecule has 0 radical (unpaired) electrons. The van der Waals surface area contributed by atoms with Crippen molar-refractivity contribution < 1.29 is 9.84 Å². The van der Waals surface area contributed by atoms with Crippen molar-refractivity contribution in [2.75, 3.05) is 0 Å². The Kier molecular flexibility index (Phi) is 3.19. The van der Waals surface area contributed by atoms with Crippen LogP contribution in [0.2, 0.25) is 0 Å². The van der Waals surface area contributed by atoms with Crippen LogP contribution in [0.4, 0.5) is 0 Å². The molecule has 1 N–H and O–H groups in total. The van der Waals surface area contributed by atoms with E-state index in [1.54, 1.807) is 35.4 Å². The molecule has 0 saturated carbocycles. The number of aromatic nitrogens is 6. The lowest BCUT2D eigenvalue weighted by Crippen LogP contribution is -2.26. The molecule has 0 spiro atoms. The smallest absolute Gasteiger partial charge is 0.257 e. The summed E-state index contributed by atoms with van der Waals surface area (Å²) in [7, 11) is 0. The van der Waals surface area contributed by atoms with Crippen molar-refractivity contribution in [2.45, 2.75) is 32.8 Å². The number of ether oxygens (including phenoxy) is 1. The molecule has 3 aromatic rings. The number of hydrogen-bond acceptors (Lipinski definition) is 6. The number of pyridine rings is 1. The summed E-state index contributed by atoms with van der Waals surface area (Å²) < 4.78 is 8.35. The van der Waals surface area contributed by atoms with E-state index in [4.69, 9.17) is 4.74 Å². The summed E-state index contributed by atoms with van der Waals surface area (Å²) in [5.41, 5.74) is 0.997. The van der Waals surface area contributed by atoms with E-state index in [1.807, 2.05) is 20.8 Å². The van der Waals surface area contributed by atoms with Gasteiger partial charge in [-0.3, -0.25) is 4.98 Å². The molecule has 3 aromatic heterocycles. The van der Waals surface area contributed by atoms with E-state index < -0.39 is 12.0 Å². The molecule has 0 amide bonds. The first-order valence-electron chi connectivity index (χ1n) is 6.51. The number of aliphatic hydroxyl groups is 1. The van der Waals surface area contributed by atoms with E-state index in [0.29, 0.717) is 11.3 Å². The van der Waals surface area contributed by atoms with Gasteiger partial charge in [-0.2, -0.15) is 4.68 Å². The predicted octanol–water partition coefficient (Wildman–Crippen LogP) is 1.28. The number of hydrogen-bond donors (Lipinski definition) is 1. The van der Waals surface area contributed by atoms with E-state index >= 15 is 0 Å². The molecule has 3 rings (SSSR count). The zero-order chi connectivity index (χ0) is 15.0. The fraction of sp³-hybridized carbons (Fsp3) is 0.385. The first kappa shape index (κ1) is 13.7. The third-order valence-corrected chi connectivity index (χ3v) is 2.74. The Morgan fingerprint density at radius 2 is 2.10 bits per heavy atom. The summed E-state index contributed by atoms with van der Waals surface area (Å²) in [4.78, 5) is 3.99. The van der Waals surface area contributed by atoms with Gasteiger partial charge in [-0.15, -0.1) is 10.2 Å². The van der Waals surface area contributed by atoms with Gasteiger partial charge in [0.25, 0.3) is 6.41 Å². The van der Waals surface area contributed by atoms with Crippen LogP contribution >= 0.6 is 0 Å². The second-order valence-corrected chi connectivity index (χ2v) is 5.58. The van der Waals surface area contributed by atoms with Crippen LogP contribution in [0.3, 0.4) is 0 Å². The molecule has 1 atom stereocenters. The third-order valence-electron chi connectivity index (χ3n) is 2.74. The lowest BCUT2D eigenvalue weighted by atomic mass is 10.2. The van der Waals surface area contributed by atoms with Crippen molar-refractivity contribution in [3.8, 4) is 5.82 Å². The molecule has 0 aliphatic carbocycles. The Bertz CT molecular complexity index is 757. The molecule has 0 aromatic carbocycles. The predicted molar refractivity (Wildman–Crippen MR) is 74.5 cm³/mol. The van der Waals surface area contributed by atoms with Crippen molar-refractivity contribution in [2.24, 2.45) is 0 Å². The second kappa shape index (κ2) is 4.90. The van der Waals surface area contributed by atoms with Crippen LogP contribution in [0.25, 0.3) is 16.9 Å². The number of nitrogens with zero attached hydrogens (tertiary/aromatic N) is 6. The quantitative estimate of drug-likeness (QED) is 0.730. The average Bonchev–Trinajstić information content (AvgIpc) is 3.03. The molecule has 3 heterocycles. The van der Waals surface area contributed by atoms with Crippen LogP contribution in [0.15, 0.2) is 30.7 Å². The van der Waals surface area contributed by atoms with Gasteiger partial charge in [0.15, 0.2) is 5.82 Å².